The Kier molecular flexibility index (Phi) is 1.19. The molecule has 1 atom stereocenters. The van der Waals surface area contributed by atoms with Gasteiger partial charge in [0, 0.05) is 18.0 Å². The van der Waals surface area contributed by atoms with Crippen LogP contribution in [0.2, 0.25) is 0 Å². The number of fused-ring (bicyclic) bond motifs is 1. The molecule has 0 aliphatic carbocycles. The van der Waals surface area contributed by atoms with E-state index in [-0.39, 0.29) is 0 Å². The number of aromatic nitrogens is 1. The van der Waals surface area contributed by atoms with Crippen molar-refractivity contribution in [3.8, 4) is 0 Å². The Hall–Kier alpha value is -0.930. The molecule has 3 heteroatoms. The van der Waals surface area contributed by atoms with Gasteiger partial charge in [0.1, 0.15) is 0 Å². The molecule has 0 radical (unpaired) electrons. The average molecular weight is 137 g/mol. The SMILES string of the molecule is OC1OCc2ccncc21. The first-order valence-corrected chi connectivity index (χ1v) is 3.10. The Morgan fingerprint density at radius 1 is 1.70 bits per heavy atom. The second-order valence-electron chi connectivity index (χ2n) is 2.24. The number of aliphatic hydroxyl groups excluding tert-OH is 1. The molecular weight excluding hydrogens is 130 g/mol. The topological polar surface area (TPSA) is 42.4 Å². The van der Waals surface area contributed by atoms with Crippen LogP contribution >= 0.6 is 0 Å². The molecule has 1 N–H and O–H groups in total. The van der Waals surface area contributed by atoms with Gasteiger partial charge >= 0.3 is 0 Å². The molecule has 1 aliphatic heterocycles. The van der Waals surface area contributed by atoms with Gasteiger partial charge in [-0.2, -0.15) is 0 Å². The van der Waals surface area contributed by atoms with Crippen molar-refractivity contribution in [2.24, 2.45) is 0 Å². The summed E-state index contributed by atoms with van der Waals surface area (Å²) in [5.41, 5.74) is 1.82. The van der Waals surface area contributed by atoms with Crippen molar-refractivity contribution in [1.82, 2.24) is 4.98 Å². The highest BCUT2D eigenvalue weighted by Crippen LogP contribution is 2.26. The fourth-order valence-electron chi connectivity index (χ4n) is 1.05. The van der Waals surface area contributed by atoms with Crippen molar-refractivity contribution in [3.05, 3.63) is 29.6 Å². The van der Waals surface area contributed by atoms with Gasteiger partial charge in [-0.3, -0.25) is 4.98 Å². The van der Waals surface area contributed by atoms with Gasteiger partial charge in [-0.25, -0.2) is 0 Å². The van der Waals surface area contributed by atoms with E-state index in [1.165, 1.54) is 0 Å². The molecule has 1 aromatic rings. The lowest BCUT2D eigenvalue weighted by molar-refractivity contribution is -0.0919. The smallest absolute Gasteiger partial charge is 0.183 e. The fourth-order valence-corrected chi connectivity index (χ4v) is 1.05. The van der Waals surface area contributed by atoms with Crippen LogP contribution in [0, 0.1) is 0 Å². The first-order chi connectivity index (χ1) is 4.88. The predicted octanol–water partition coefficient (Wildman–Crippen LogP) is 0.603. The Balaban J connectivity index is 2.51. The monoisotopic (exact) mass is 137 g/mol. The number of rotatable bonds is 0. The van der Waals surface area contributed by atoms with Crippen molar-refractivity contribution in [2.75, 3.05) is 0 Å². The summed E-state index contributed by atoms with van der Waals surface area (Å²) in [6.45, 7) is 0.499. The predicted molar refractivity (Wildman–Crippen MR) is 34.0 cm³/mol. The van der Waals surface area contributed by atoms with Crippen molar-refractivity contribution in [3.63, 3.8) is 0 Å². The third kappa shape index (κ3) is 0.716. The van der Waals surface area contributed by atoms with Crippen LogP contribution in [-0.2, 0) is 11.3 Å². The van der Waals surface area contributed by atoms with E-state index in [4.69, 9.17) is 9.84 Å². The minimum absolute atomic E-state index is 0.499. The van der Waals surface area contributed by atoms with Gasteiger partial charge in [0.25, 0.3) is 0 Å². The second kappa shape index (κ2) is 2.04. The molecule has 3 nitrogen and oxygen atoms in total. The van der Waals surface area contributed by atoms with Crippen molar-refractivity contribution < 1.29 is 9.84 Å². The summed E-state index contributed by atoms with van der Waals surface area (Å²) in [6, 6.07) is 1.85. The van der Waals surface area contributed by atoms with Crippen LogP contribution in [-0.4, -0.2) is 10.1 Å². The Morgan fingerprint density at radius 3 is 3.40 bits per heavy atom. The molecule has 0 saturated carbocycles. The minimum Gasteiger partial charge on any atom is -0.364 e. The van der Waals surface area contributed by atoms with Gasteiger partial charge in [0.05, 0.1) is 6.61 Å². The molecule has 0 spiro atoms. The first kappa shape index (κ1) is 5.82. The van der Waals surface area contributed by atoms with Crippen LogP contribution in [0.3, 0.4) is 0 Å². The average Bonchev–Trinajstić information content (AvgIpc) is 2.34. The van der Waals surface area contributed by atoms with Crippen LogP contribution < -0.4 is 0 Å². The zero-order valence-corrected chi connectivity index (χ0v) is 5.32. The normalized spacial score (nSPS) is 22.7. The molecule has 2 rings (SSSR count). The molecule has 0 fully saturated rings. The van der Waals surface area contributed by atoms with Gasteiger partial charge in [0.15, 0.2) is 6.29 Å². The van der Waals surface area contributed by atoms with E-state index < -0.39 is 6.29 Å². The van der Waals surface area contributed by atoms with Crippen molar-refractivity contribution >= 4 is 0 Å². The summed E-state index contributed by atoms with van der Waals surface area (Å²) in [4.78, 5) is 3.87. The number of nitrogens with zero attached hydrogens (tertiary/aromatic N) is 1. The van der Waals surface area contributed by atoms with E-state index in [1.807, 2.05) is 6.07 Å². The van der Waals surface area contributed by atoms with E-state index >= 15 is 0 Å². The molecule has 52 valence electrons. The second-order valence-corrected chi connectivity index (χ2v) is 2.24. The quantitative estimate of drug-likeness (QED) is 0.569. The van der Waals surface area contributed by atoms with Crippen LogP contribution in [0.25, 0.3) is 0 Å². The lowest BCUT2D eigenvalue weighted by atomic mass is 10.2. The fraction of sp³-hybridized carbons (Fsp3) is 0.286. The lowest BCUT2D eigenvalue weighted by Gasteiger charge is -1.98. The van der Waals surface area contributed by atoms with Crippen molar-refractivity contribution in [2.45, 2.75) is 12.9 Å². The molecule has 0 amide bonds. The standard InChI is InChI=1S/C7H7NO2/c9-7-6-3-8-2-1-5(6)4-10-7/h1-3,7,9H,4H2. The maximum absolute atomic E-state index is 9.12. The van der Waals surface area contributed by atoms with Crippen LogP contribution in [0.5, 0.6) is 0 Å². The van der Waals surface area contributed by atoms with E-state index in [2.05, 4.69) is 4.98 Å². The maximum atomic E-state index is 9.12. The van der Waals surface area contributed by atoms with Crippen LogP contribution in [0.15, 0.2) is 18.5 Å². The largest absolute Gasteiger partial charge is 0.364 e. The molecule has 10 heavy (non-hydrogen) atoms. The van der Waals surface area contributed by atoms with Gasteiger partial charge in [-0.1, -0.05) is 0 Å². The van der Waals surface area contributed by atoms with E-state index in [0.717, 1.165) is 11.1 Å². The molecule has 1 aliphatic rings. The summed E-state index contributed by atoms with van der Waals surface area (Å²) < 4.78 is 4.94. The molecular formula is C7H7NO2. The summed E-state index contributed by atoms with van der Waals surface area (Å²) in [5.74, 6) is 0. The number of hydrogen-bond acceptors (Lipinski definition) is 3. The van der Waals surface area contributed by atoms with Gasteiger partial charge in [-0.05, 0) is 11.6 Å². The van der Waals surface area contributed by atoms with Gasteiger partial charge in [-0.15, -0.1) is 0 Å². The lowest BCUT2D eigenvalue weighted by Crippen LogP contribution is -1.92. The zero-order valence-electron chi connectivity index (χ0n) is 5.32. The highest BCUT2D eigenvalue weighted by atomic mass is 16.6. The summed E-state index contributed by atoms with van der Waals surface area (Å²) in [6.07, 6.45) is 2.57. The third-order valence-corrected chi connectivity index (χ3v) is 1.61. The highest BCUT2D eigenvalue weighted by Gasteiger charge is 2.19. The Bertz CT molecular complexity index is 249. The summed E-state index contributed by atoms with van der Waals surface area (Å²) in [5, 5.41) is 9.12. The zero-order chi connectivity index (χ0) is 6.97. The van der Waals surface area contributed by atoms with Crippen LogP contribution in [0.4, 0.5) is 0 Å². The van der Waals surface area contributed by atoms with Gasteiger partial charge in [0.2, 0.25) is 0 Å². The summed E-state index contributed by atoms with van der Waals surface area (Å²) >= 11 is 0. The number of hydrogen-bond donors (Lipinski definition) is 1. The molecule has 1 aromatic heterocycles. The van der Waals surface area contributed by atoms with Crippen molar-refractivity contribution in [1.29, 1.82) is 0 Å². The molecule has 0 bridgehead atoms. The molecule has 1 unspecified atom stereocenters. The van der Waals surface area contributed by atoms with E-state index in [9.17, 15) is 0 Å². The number of aliphatic hydroxyl groups is 1. The van der Waals surface area contributed by atoms with Gasteiger partial charge < -0.3 is 9.84 Å². The maximum Gasteiger partial charge on any atom is 0.183 e. The number of ether oxygens (including phenoxy) is 1. The third-order valence-electron chi connectivity index (χ3n) is 1.61. The molecule has 0 saturated heterocycles. The Labute approximate surface area is 58.3 Å². The van der Waals surface area contributed by atoms with Crippen LogP contribution in [0.1, 0.15) is 17.4 Å². The molecule has 2 heterocycles. The molecule has 0 aromatic carbocycles. The number of pyridine rings is 1. The first-order valence-electron chi connectivity index (χ1n) is 3.10. The minimum atomic E-state index is -0.760. The van der Waals surface area contributed by atoms with E-state index in [0.29, 0.717) is 6.61 Å². The highest BCUT2D eigenvalue weighted by molar-refractivity contribution is 5.26. The Morgan fingerprint density at radius 2 is 2.60 bits per heavy atom. The van der Waals surface area contributed by atoms with E-state index in [1.54, 1.807) is 12.4 Å². The summed E-state index contributed by atoms with van der Waals surface area (Å²) in [7, 11) is 0.